The molecule has 3 unspecified atom stereocenters. The minimum absolute atomic E-state index is 0.155. The third kappa shape index (κ3) is 4.24. The lowest BCUT2D eigenvalue weighted by atomic mass is 9.49. The molecular formula is C27H35FN2S. The molecule has 0 radical (unpaired) electrons. The van der Waals surface area contributed by atoms with Gasteiger partial charge in [-0.25, -0.2) is 4.39 Å². The van der Waals surface area contributed by atoms with Gasteiger partial charge in [-0.2, -0.15) is 0 Å². The first-order valence-electron chi connectivity index (χ1n) is 11.7. The maximum atomic E-state index is 14.0. The zero-order valence-corrected chi connectivity index (χ0v) is 20.0. The van der Waals surface area contributed by atoms with Gasteiger partial charge >= 0.3 is 0 Å². The molecule has 2 aliphatic rings. The van der Waals surface area contributed by atoms with Crippen molar-refractivity contribution in [3.8, 4) is 0 Å². The number of fused-ring (bicyclic) bond motifs is 3. The molecule has 2 aromatic rings. The topological polar surface area (TPSA) is 24.1 Å². The number of hydrogen-bond donors (Lipinski definition) is 2. The molecule has 2 aromatic carbocycles. The molecule has 2 N–H and O–H groups in total. The van der Waals surface area contributed by atoms with Gasteiger partial charge in [0.1, 0.15) is 5.82 Å². The summed E-state index contributed by atoms with van der Waals surface area (Å²) < 4.78 is 14.0. The van der Waals surface area contributed by atoms with Crippen LogP contribution in [-0.2, 0) is 11.8 Å². The number of thiocarbonyl (C=S) groups is 1. The van der Waals surface area contributed by atoms with Gasteiger partial charge in [0.25, 0.3) is 0 Å². The highest BCUT2D eigenvalue weighted by Crippen LogP contribution is 2.57. The van der Waals surface area contributed by atoms with E-state index in [-0.39, 0.29) is 16.6 Å². The van der Waals surface area contributed by atoms with Crippen LogP contribution in [0.3, 0.4) is 0 Å². The highest BCUT2D eigenvalue weighted by molar-refractivity contribution is 7.80. The van der Waals surface area contributed by atoms with Crippen molar-refractivity contribution in [2.24, 2.45) is 11.3 Å². The van der Waals surface area contributed by atoms with E-state index in [4.69, 9.17) is 12.2 Å². The van der Waals surface area contributed by atoms with Crippen LogP contribution in [0, 0.1) is 17.2 Å². The Balaban J connectivity index is 1.51. The van der Waals surface area contributed by atoms with Crippen LogP contribution in [0.15, 0.2) is 42.5 Å². The first-order valence-corrected chi connectivity index (χ1v) is 12.1. The van der Waals surface area contributed by atoms with Crippen molar-refractivity contribution < 1.29 is 4.39 Å². The SMILES string of the molecule is CC(C)c1ccc2c(c1)CCC1C(C)(CNC(=S)Nc3ccccc3F)CCCC21C. The lowest BCUT2D eigenvalue weighted by molar-refractivity contribution is 0.0294. The molecule has 0 aromatic heterocycles. The molecule has 4 rings (SSSR count). The van der Waals surface area contributed by atoms with Crippen LogP contribution in [0.1, 0.15) is 76.0 Å². The minimum Gasteiger partial charge on any atom is -0.362 e. The van der Waals surface area contributed by atoms with Gasteiger partial charge in [0, 0.05) is 6.54 Å². The number of nitrogens with one attached hydrogen (secondary N) is 2. The van der Waals surface area contributed by atoms with Crippen LogP contribution in [0.25, 0.3) is 0 Å². The number of anilines is 1. The molecule has 166 valence electrons. The normalized spacial score (nSPS) is 27.4. The summed E-state index contributed by atoms with van der Waals surface area (Å²) in [5, 5.41) is 6.94. The standard InChI is InChI=1S/C27H35FN2S/c1-18(2)19-10-12-21-20(16-19)11-13-24-26(3,14-7-15-27(21,24)4)17-29-25(31)30-23-9-6-5-8-22(23)28/h5-6,8-10,12,16,18,24H,7,11,13-15,17H2,1-4H3,(H2,29,30,31). The van der Waals surface area contributed by atoms with E-state index in [0.29, 0.717) is 22.6 Å². The smallest absolute Gasteiger partial charge is 0.170 e. The molecule has 3 atom stereocenters. The van der Waals surface area contributed by atoms with Crippen LogP contribution in [-0.4, -0.2) is 11.7 Å². The fraction of sp³-hybridized carbons (Fsp3) is 0.519. The van der Waals surface area contributed by atoms with Crippen molar-refractivity contribution in [1.82, 2.24) is 5.32 Å². The molecule has 1 saturated carbocycles. The largest absolute Gasteiger partial charge is 0.362 e. The first kappa shape index (κ1) is 22.3. The summed E-state index contributed by atoms with van der Waals surface area (Å²) in [4.78, 5) is 0. The Bertz CT molecular complexity index is 971. The van der Waals surface area contributed by atoms with E-state index in [0.717, 1.165) is 13.0 Å². The summed E-state index contributed by atoms with van der Waals surface area (Å²) in [5.74, 6) is 0.891. The van der Waals surface area contributed by atoms with Gasteiger partial charge in [0.15, 0.2) is 5.11 Å². The van der Waals surface area contributed by atoms with Gasteiger partial charge in [-0.05, 0) is 89.4 Å². The van der Waals surface area contributed by atoms with Gasteiger partial charge in [-0.15, -0.1) is 0 Å². The predicted octanol–water partition coefficient (Wildman–Crippen LogP) is 6.95. The average Bonchev–Trinajstić information content (AvgIpc) is 2.73. The second-order valence-electron chi connectivity index (χ2n) is 10.4. The molecule has 2 nitrogen and oxygen atoms in total. The third-order valence-corrected chi connectivity index (χ3v) is 8.19. The summed E-state index contributed by atoms with van der Waals surface area (Å²) in [5.41, 5.74) is 5.35. The van der Waals surface area contributed by atoms with Gasteiger partial charge < -0.3 is 10.6 Å². The van der Waals surface area contributed by atoms with E-state index in [1.54, 1.807) is 23.3 Å². The maximum absolute atomic E-state index is 14.0. The van der Waals surface area contributed by atoms with Gasteiger partial charge in [-0.1, -0.05) is 64.4 Å². The zero-order chi connectivity index (χ0) is 22.2. The van der Waals surface area contributed by atoms with Crippen LogP contribution in [0.5, 0.6) is 0 Å². The van der Waals surface area contributed by atoms with Crippen molar-refractivity contribution in [3.63, 3.8) is 0 Å². The van der Waals surface area contributed by atoms with E-state index in [2.05, 4.69) is 56.5 Å². The molecule has 0 spiro atoms. The zero-order valence-electron chi connectivity index (χ0n) is 19.2. The Morgan fingerprint density at radius 1 is 1.16 bits per heavy atom. The van der Waals surface area contributed by atoms with Gasteiger partial charge in [0.05, 0.1) is 5.69 Å². The van der Waals surface area contributed by atoms with Crippen LogP contribution in [0.2, 0.25) is 0 Å². The van der Waals surface area contributed by atoms with E-state index in [1.807, 2.05) is 6.07 Å². The van der Waals surface area contributed by atoms with E-state index in [9.17, 15) is 4.39 Å². The van der Waals surface area contributed by atoms with E-state index >= 15 is 0 Å². The molecule has 0 bridgehead atoms. The van der Waals surface area contributed by atoms with E-state index in [1.165, 1.54) is 37.3 Å². The number of halogens is 1. The molecule has 31 heavy (non-hydrogen) atoms. The average molecular weight is 439 g/mol. The van der Waals surface area contributed by atoms with Crippen molar-refractivity contribution in [3.05, 3.63) is 65.0 Å². The minimum atomic E-state index is -0.284. The third-order valence-electron chi connectivity index (χ3n) is 7.94. The molecule has 0 amide bonds. The summed E-state index contributed by atoms with van der Waals surface area (Å²) in [7, 11) is 0. The Labute approximate surface area is 192 Å². The summed E-state index contributed by atoms with van der Waals surface area (Å²) in [6, 6.07) is 13.9. The van der Waals surface area contributed by atoms with Crippen LogP contribution >= 0.6 is 12.2 Å². The Kier molecular flexibility index (Phi) is 6.13. The second kappa shape index (κ2) is 8.54. The summed E-state index contributed by atoms with van der Waals surface area (Å²) in [6.45, 7) is 10.3. The highest BCUT2D eigenvalue weighted by atomic mass is 32.1. The fourth-order valence-electron chi connectivity index (χ4n) is 6.23. The van der Waals surface area contributed by atoms with Gasteiger partial charge in [0.2, 0.25) is 0 Å². The molecule has 1 fully saturated rings. The monoisotopic (exact) mass is 438 g/mol. The molecule has 0 saturated heterocycles. The number of rotatable bonds is 4. The molecule has 0 aliphatic heterocycles. The molecular weight excluding hydrogens is 403 g/mol. The highest BCUT2D eigenvalue weighted by Gasteiger charge is 2.51. The number of para-hydroxylation sites is 1. The summed E-state index contributed by atoms with van der Waals surface area (Å²) in [6.07, 6.45) is 6.05. The molecule has 2 aliphatic carbocycles. The predicted molar refractivity (Wildman–Crippen MR) is 132 cm³/mol. The van der Waals surface area contributed by atoms with E-state index < -0.39 is 0 Å². The Hall–Kier alpha value is -1.94. The van der Waals surface area contributed by atoms with Crippen LogP contribution in [0.4, 0.5) is 10.1 Å². The van der Waals surface area contributed by atoms with Crippen molar-refractivity contribution in [1.29, 1.82) is 0 Å². The first-order chi connectivity index (χ1) is 14.7. The fourth-order valence-corrected chi connectivity index (χ4v) is 6.41. The number of benzene rings is 2. The molecule has 0 heterocycles. The lowest BCUT2D eigenvalue weighted by Gasteiger charge is -2.55. The Morgan fingerprint density at radius 3 is 2.68 bits per heavy atom. The van der Waals surface area contributed by atoms with Crippen LogP contribution < -0.4 is 10.6 Å². The Morgan fingerprint density at radius 2 is 1.94 bits per heavy atom. The maximum Gasteiger partial charge on any atom is 0.170 e. The van der Waals surface area contributed by atoms with Crippen molar-refractivity contribution >= 4 is 23.0 Å². The van der Waals surface area contributed by atoms with Crippen molar-refractivity contribution in [2.75, 3.05) is 11.9 Å². The number of hydrogen-bond acceptors (Lipinski definition) is 1. The second-order valence-corrected chi connectivity index (χ2v) is 10.8. The number of aryl methyl sites for hydroxylation is 1. The quantitative estimate of drug-likeness (QED) is 0.505. The summed E-state index contributed by atoms with van der Waals surface area (Å²) >= 11 is 5.50. The van der Waals surface area contributed by atoms with Crippen molar-refractivity contribution in [2.45, 2.75) is 71.1 Å². The lowest BCUT2D eigenvalue weighted by Crippen LogP contribution is -2.53. The van der Waals surface area contributed by atoms with Gasteiger partial charge in [-0.3, -0.25) is 0 Å². The molecule has 4 heteroatoms.